The number of nitrogens with zero attached hydrogens (tertiary/aromatic N) is 2. The van der Waals surface area contributed by atoms with Crippen LogP contribution >= 0.6 is 36.4 Å². The van der Waals surface area contributed by atoms with Crippen LogP contribution in [0, 0.1) is 0 Å². The minimum absolute atomic E-state index is 0.218. The number of halogens is 1. The first-order chi connectivity index (χ1) is 10.8. The van der Waals surface area contributed by atoms with Gasteiger partial charge in [0.15, 0.2) is 0 Å². The summed E-state index contributed by atoms with van der Waals surface area (Å²) in [4.78, 5) is 0. The van der Waals surface area contributed by atoms with Crippen LogP contribution in [0.2, 0.25) is 30.7 Å². The maximum atomic E-state index is 6.33. The molecule has 0 aliphatic carbocycles. The summed E-state index contributed by atoms with van der Waals surface area (Å²) in [7, 11) is -1.09. The van der Waals surface area contributed by atoms with E-state index >= 15 is 0 Å². The van der Waals surface area contributed by atoms with Gasteiger partial charge >= 0.3 is 0 Å². The fraction of sp³-hybridized carbons (Fsp3) is 0.467. The summed E-state index contributed by atoms with van der Waals surface area (Å²) in [6.45, 7) is 8.46. The largest absolute Gasteiger partial charge is 0.474 e. The molecule has 0 N–H and O–H groups in total. The Kier molecular flexibility index (Phi) is 6.50. The maximum Gasteiger partial charge on any atom is 0.217 e. The van der Waals surface area contributed by atoms with Gasteiger partial charge in [0.1, 0.15) is 13.3 Å². The fourth-order valence-electron chi connectivity index (χ4n) is 2.11. The second-order valence-corrected chi connectivity index (χ2v) is 13.6. The van der Waals surface area contributed by atoms with Crippen LogP contribution in [0.3, 0.4) is 0 Å². The number of rotatable bonds is 7. The zero-order chi connectivity index (χ0) is 17.0. The Bertz CT molecular complexity index is 701. The number of thiocarbonyl (C=S) groups is 1. The molecule has 0 fully saturated rings. The van der Waals surface area contributed by atoms with Crippen molar-refractivity contribution in [1.82, 2.24) is 9.78 Å². The van der Waals surface area contributed by atoms with Crippen molar-refractivity contribution < 1.29 is 9.47 Å². The molecule has 0 unspecified atom stereocenters. The minimum Gasteiger partial charge on any atom is -0.474 e. The zero-order valence-electron chi connectivity index (χ0n) is 13.5. The lowest BCUT2D eigenvalue weighted by atomic mass is 10.1. The van der Waals surface area contributed by atoms with Gasteiger partial charge in [0, 0.05) is 25.6 Å². The van der Waals surface area contributed by atoms with Gasteiger partial charge in [0.05, 0.1) is 16.7 Å². The van der Waals surface area contributed by atoms with Gasteiger partial charge in [0.2, 0.25) is 4.38 Å². The molecule has 0 saturated carbocycles. The van der Waals surface area contributed by atoms with Gasteiger partial charge in [-0.05, 0) is 24.3 Å². The molecule has 0 radical (unpaired) electrons. The Morgan fingerprint density at radius 2 is 2.13 bits per heavy atom. The van der Waals surface area contributed by atoms with Crippen LogP contribution in [-0.2, 0) is 22.8 Å². The summed E-state index contributed by atoms with van der Waals surface area (Å²) in [5.41, 5.74) is 1.82. The van der Waals surface area contributed by atoms with Crippen LogP contribution < -0.4 is 0 Å². The molecule has 0 atom stereocenters. The third kappa shape index (κ3) is 5.46. The van der Waals surface area contributed by atoms with Crippen molar-refractivity contribution in [2.24, 2.45) is 0 Å². The van der Waals surface area contributed by atoms with E-state index in [9.17, 15) is 0 Å². The molecule has 8 heteroatoms. The minimum atomic E-state index is -1.09. The van der Waals surface area contributed by atoms with Crippen LogP contribution in [0.1, 0.15) is 5.56 Å². The van der Waals surface area contributed by atoms with Crippen LogP contribution in [0.15, 0.2) is 18.3 Å². The van der Waals surface area contributed by atoms with E-state index in [1.165, 1.54) is 0 Å². The topological polar surface area (TPSA) is 36.3 Å². The highest BCUT2D eigenvalue weighted by Gasteiger charge is 2.14. The van der Waals surface area contributed by atoms with Crippen LogP contribution in [-0.4, -0.2) is 28.8 Å². The molecule has 2 aromatic rings. The van der Waals surface area contributed by atoms with E-state index in [1.54, 1.807) is 10.9 Å². The number of fused-ring (bicyclic) bond motifs is 1. The number of ether oxygens (including phenoxy) is 2. The number of aromatic nitrogens is 2. The van der Waals surface area contributed by atoms with Gasteiger partial charge in [-0.2, -0.15) is 5.10 Å². The molecule has 126 valence electrons. The van der Waals surface area contributed by atoms with E-state index in [4.69, 9.17) is 33.3 Å². The second-order valence-electron chi connectivity index (χ2n) is 6.52. The Hall–Kier alpha value is -0.603. The van der Waals surface area contributed by atoms with Crippen LogP contribution in [0.25, 0.3) is 10.9 Å². The predicted octanol–water partition coefficient (Wildman–Crippen LogP) is 4.73. The van der Waals surface area contributed by atoms with Gasteiger partial charge in [-0.15, -0.1) is 0 Å². The molecule has 0 aliphatic rings. The fourth-order valence-corrected chi connectivity index (χ4v) is 3.25. The lowest BCUT2D eigenvalue weighted by Crippen LogP contribution is -2.22. The van der Waals surface area contributed by atoms with Crippen LogP contribution in [0.5, 0.6) is 0 Å². The first-order valence-corrected chi connectivity index (χ1v) is 12.3. The summed E-state index contributed by atoms with van der Waals surface area (Å²) in [6.07, 6.45) is 1.78. The predicted molar refractivity (Wildman–Crippen MR) is 105 cm³/mol. The summed E-state index contributed by atoms with van der Waals surface area (Å²) >= 11 is 15.1. The molecule has 1 heterocycles. The van der Waals surface area contributed by atoms with E-state index in [1.807, 2.05) is 12.1 Å². The maximum absolute atomic E-state index is 6.33. The van der Waals surface area contributed by atoms with E-state index < -0.39 is 8.07 Å². The molecule has 0 saturated heterocycles. The summed E-state index contributed by atoms with van der Waals surface area (Å²) < 4.78 is 13.1. The lowest BCUT2D eigenvalue weighted by Gasteiger charge is -2.15. The Morgan fingerprint density at radius 3 is 2.78 bits per heavy atom. The molecule has 2 rings (SSSR count). The van der Waals surface area contributed by atoms with Crippen molar-refractivity contribution in [3.05, 3.63) is 28.9 Å². The standard InChI is InChI=1S/C15H21ClN2O2S2Si/c1-23(2,3)7-6-19-10-18-14-12(8-17-18)11(4-5-13(14)16)9-20-15(21)22/h4-5,8H,6-7,9-10H2,1-3H3,(H,21,22). The zero-order valence-corrected chi connectivity index (χ0v) is 17.0. The van der Waals surface area contributed by atoms with Crippen molar-refractivity contribution in [2.45, 2.75) is 39.0 Å². The van der Waals surface area contributed by atoms with E-state index in [0.717, 1.165) is 29.1 Å². The third-order valence-electron chi connectivity index (χ3n) is 3.40. The second kappa shape index (κ2) is 7.98. The molecule has 0 amide bonds. The number of benzene rings is 1. The van der Waals surface area contributed by atoms with Gasteiger partial charge in [0.25, 0.3) is 0 Å². The Balaban J connectivity index is 2.12. The molecule has 1 aromatic carbocycles. The highest BCUT2D eigenvalue weighted by molar-refractivity contribution is 8.10. The monoisotopic (exact) mass is 388 g/mol. The van der Waals surface area contributed by atoms with Crippen molar-refractivity contribution in [2.75, 3.05) is 6.61 Å². The SMILES string of the molecule is C[Si](C)(C)CCOCn1ncc2c(COC(=S)S)ccc(Cl)c21. The van der Waals surface area contributed by atoms with Gasteiger partial charge < -0.3 is 9.47 Å². The van der Waals surface area contributed by atoms with Gasteiger partial charge in [-0.3, -0.25) is 0 Å². The molecule has 0 aliphatic heterocycles. The van der Waals surface area contributed by atoms with E-state index in [2.05, 4.69) is 37.4 Å². The first-order valence-electron chi connectivity index (χ1n) is 7.34. The van der Waals surface area contributed by atoms with E-state index in [-0.39, 0.29) is 4.38 Å². The molecule has 1 aromatic heterocycles. The summed E-state index contributed by atoms with van der Waals surface area (Å²) in [6, 6.07) is 4.87. The van der Waals surface area contributed by atoms with Crippen molar-refractivity contribution >= 4 is 59.8 Å². The van der Waals surface area contributed by atoms with Gasteiger partial charge in [-0.1, -0.05) is 49.9 Å². The average Bonchev–Trinajstić information content (AvgIpc) is 2.87. The lowest BCUT2D eigenvalue weighted by molar-refractivity contribution is 0.0817. The quantitative estimate of drug-likeness (QED) is 0.322. The molecule has 0 bridgehead atoms. The van der Waals surface area contributed by atoms with Crippen molar-refractivity contribution in [1.29, 1.82) is 0 Å². The van der Waals surface area contributed by atoms with Crippen LogP contribution in [0.4, 0.5) is 0 Å². The summed E-state index contributed by atoms with van der Waals surface area (Å²) in [5.74, 6) is 0. The summed E-state index contributed by atoms with van der Waals surface area (Å²) in [5, 5.41) is 5.97. The number of hydrogen-bond acceptors (Lipinski definition) is 4. The molecule has 4 nitrogen and oxygen atoms in total. The first kappa shape index (κ1) is 18.7. The number of thiol groups is 1. The highest BCUT2D eigenvalue weighted by Crippen LogP contribution is 2.27. The highest BCUT2D eigenvalue weighted by atomic mass is 35.5. The number of hydrogen-bond donors (Lipinski definition) is 1. The molecular formula is C15H21ClN2O2S2Si. The van der Waals surface area contributed by atoms with Gasteiger partial charge in [-0.25, -0.2) is 4.68 Å². The normalized spacial score (nSPS) is 11.9. The molecular weight excluding hydrogens is 368 g/mol. The van der Waals surface area contributed by atoms with E-state index in [0.29, 0.717) is 18.4 Å². The van der Waals surface area contributed by atoms with Crippen molar-refractivity contribution in [3.8, 4) is 0 Å². The third-order valence-corrected chi connectivity index (χ3v) is 5.66. The van der Waals surface area contributed by atoms with Crippen molar-refractivity contribution in [3.63, 3.8) is 0 Å². The molecule has 23 heavy (non-hydrogen) atoms. The Labute approximate surface area is 153 Å². The smallest absolute Gasteiger partial charge is 0.217 e. The average molecular weight is 389 g/mol. The molecule has 0 spiro atoms. The Morgan fingerprint density at radius 1 is 1.39 bits per heavy atom.